The monoisotopic (exact) mass is 206 g/mol. The molecule has 3 N–H and O–H groups in total. The second-order valence-electron chi connectivity index (χ2n) is 3.80. The Morgan fingerprint density at radius 2 is 2.33 bits per heavy atom. The second-order valence-corrected chi connectivity index (χ2v) is 3.80. The third kappa shape index (κ3) is 2.00. The zero-order chi connectivity index (χ0) is 10.8. The molecule has 0 atom stereocenters. The number of aryl methyl sites for hydroxylation is 1. The van der Waals surface area contributed by atoms with Gasteiger partial charge in [0.15, 0.2) is 0 Å². The van der Waals surface area contributed by atoms with Crippen molar-refractivity contribution < 1.29 is 9.63 Å². The van der Waals surface area contributed by atoms with Crippen LogP contribution in [-0.2, 0) is 22.5 Å². The molecule has 4 nitrogen and oxygen atoms in total. The Morgan fingerprint density at radius 1 is 1.53 bits per heavy atom. The van der Waals surface area contributed by atoms with Crippen LogP contribution in [0.5, 0.6) is 0 Å². The number of benzene rings is 1. The van der Waals surface area contributed by atoms with Crippen LogP contribution < -0.4 is 11.2 Å². The van der Waals surface area contributed by atoms with E-state index < -0.39 is 0 Å². The van der Waals surface area contributed by atoms with Gasteiger partial charge in [-0.05, 0) is 24.5 Å². The zero-order valence-corrected chi connectivity index (χ0v) is 8.67. The van der Waals surface area contributed by atoms with E-state index in [4.69, 9.17) is 5.90 Å². The van der Waals surface area contributed by atoms with Crippen LogP contribution in [0, 0.1) is 6.92 Å². The number of nitrogens with one attached hydrogen (secondary N) is 1. The zero-order valence-electron chi connectivity index (χ0n) is 8.67. The number of carbonyl (C=O) groups excluding carboxylic acids is 1. The molecule has 1 aliphatic rings. The van der Waals surface area contributed by atoms with Gasteiger partial charge in [-0.3, -0.25) is 4.79 Å². The number of rotatable bonds is 3. The lowest BCUT2D eigenvalue weighted by Crippen LogP contribution is -2.07. The maximum atomic E-state index is 11.3. The van der Waals surface area contributed by atoms with Crippen molar-refractivity contribution in [2.75, 3.05) is 11.9 Å². The van der Waals surface area contributed by atoms with E-state index in [1.807, 2.05) is 13.0 Å². The molecule has 0 aliphatic carbocycles. The lowest BCUT2D eigenvalue weighted by atomic mass is 10.0. The molecule has 2 rings (SSSR count). The van der Waals surface area contributed by atoms with Crippen LogP contribution in [0.15, 0.2) is 12.1 Å². The molecule has 80 valence electrons. The van der Waals surface area contributed by atoms with Crippen molar-refractivity contribution in [2.24, 2.45) is 5.90 Å². The standard InChI is InChI=1S/C11H14N2O2/c1-7-4-8(2-3-15-12)11-9(5-7)6-10(14)13-11/h4-5H,2-3,6,12H2,1H3,(H,13,14). The summed E-state index contributed by atoms with van der Waals surface area (Å²) in [6.07, 6.45) is 1.20. The molecule has 0 spiro atoms. The van der Waals surface area contributed by atoms with E-state index in [0.717, 1.165) is 28.8 Å². The van der Waals surface area contributed by atoms with E-state index in [1.54, 1.807) is 0 Å². The van der Waals surface area contributed by atoms with E-state index in [0.29, 0.717) is 13.0 Å². The molecule has 0 fully saturated rings. The van der Waals surface area contributed by atoms with Gasteiger partial charge in [0, 0.05) is 5.69 Å². The Balaban J connectivity index is 2.34. The first kappa shape index (κ1) is 10.1. The summed E-state index contributed by atoms with van der Waals surface area (Å²) in [5.74, 6) is 5.06. The van der Waals surface area contributed by atoms with Gasteiger partial charge in [-0.25, -0.2) is 5.90 Å². The van der Waals surface area contributed by atoms with Crippen LogP contribution in [0.2, 0.25) is 0 Å². The molecule has 0 unspecified atom stereocenters. The highest BCUT2D eigenvalue weighted by Crippen LogP contribution is 2.29. The lowest BCUT2D eigenvalue weighted by molar-refractivity contribution is -0.115. The average molecular weight is 206 g/mol. The number of fused-ring (bicyclic) bond motifs is 1. The quantitative estimate of drug-likeness (QED) is 0.723. The molecule has 0 bridgehead atoms. The summed E-state index contributed by atoms with van der Waals surface area (Å²) in [5, 5.41) is 2.87. The Bertz CT molecular complexity index is 402. The number of anilines is 1. The minimum absolute atomic E-state index is 0.0607. The van der Waals surface area contributed by atoms with Crippen LogP contribution in [0.4, 0.5) is 5.69 Å². The summed E-state index contributed by atoms with van der Waals surface area (Å²) in [6.45, 7) is 2.49. The van der Waals surface area contributed by atoms with Crippen molar-refractivity contribution in [1.82, 2.24) is 0 Å². The Labute approximate surface area is 88.4 Å². The maximum Gasteiger partial charge on any atom is 0.228 e. The first-order chi connectivity index (χ1) is 7.20. The molecule has 0 saturated heterocycles. The van der Waals surface area contributed by atoms with Crippen LogP contribution in [0.3, 0.4) is 0 Å². The fourth-order valence-electron chi connectivity index (χ4n) is 1.96. The molecule has 0 saturated carbocycles. The van der Waals surface area contributed by atoms with Gasteiger partial charge in [0.1, 0.15) is 0 Å². The molecule has 1 amide bonds. The summed E-state index contributed by atoms with van der Waals surface area (Å²) >= 11 is 0. The van der Waals surface area contributed by atoms with Crippen LogP contribution in [0.25, 0.3) is 0 Å². The smallest absolute Gasteiger partial charge is 0.228 e. The molecule has 1 aromatic carbocycles. The Morgan fingerprint density at radius 3 is 3.07 bits per heavy atom. The van der Waals surface area contributed by atoms with E-state index in [2.05, 4.69) is 16.2 Å². The van der Waals surface area contributed by atoms with Gasteiger partial charge in [0.2, 0.25) is 5.91 Å². The van der Waals surface area contributed by atoms with Crippen molar-refractivity contribution in [3.63, 3.8) is 0 Å². The molecular weight excluding hydrogens is 192 g/mol. The van der Waals surface area contributed by atoms with Crippen LogP contribution in [-0.4, -0.2) is 12.5 Å². The molecule has 1 heterocycles. The summed E-state index contributed by atoms with van der Waals surface area (Å²) in [7, 11) is 0. The molecule has 1 aliphatic heterocycles. The Hall–Kier alpha value is -1.39. The third-order valence-electron chi connectivity index (χ3n) is 2.55. The summed E-state index contributed by atoms with van der Waals surface area (Å²) < 4.78 is 0. The van der Waals surface area contributed by atoms with Crippen molar-refractivity contribution in [3.8, 4) is 0 Å². The molecule has 1 aromatic rings. The number of amides is 1. The summed E-state index contributed by atoms with van der Waals surface area (Å²) in [4.78, 5) is 15.8. The summed E-state index contributed by atoms with van der Waals surface area (Å²) in [6, 6.07) is 4.10. The van der Waals surface area contributed by atoms with Gasteiger partial charge in [-0.2, -0.15) is 0 Å². The van der Waals surface area contributed by atoms with Gasteiger partial charge < -0.3 is 10.2 Å². The van der Waals surface area contributed by atoms with Crippen LogP contribution in [0.1, 0.15) is 16.7 Å². The lowest BCUT2D eigenvalue weighted by Gasteiger charge is -2.08. The first-order valence-electron chi connectivity index (χ1n) is 4.94. The van der Waals surface area contributed by atoms with Crippen LogP contribution >= 0.6 is 0 Å². The van der Waals surface area contributed by atoms with E-state index >= 15 is 0 Å². The average Bonchev–Trinajstić information content (AvgIpc) is 2.54. The minimum atomic E-state index is 0.0607. The number of hydrogen-bond acceptors (Lipinski definition) is 3. The largest absolute Gasteiger partial charge is 0.325 e. The third-order valence-corrected chi connectivity index (χ3v) is 2.55. The van der Waals surface area contributed by atoms with E-state index in [-0.39, 0.29) is 5.91 Å². The van der Waals surface area contributed by atoms with Gasteiger partial charge in [0.05, 0.1) is 13.0 Å². The highest BCUT2D eigenvalue weighted by Gasteiger charge is 2.20. The summed E-state index contributed by atoms with van der Waals surface area (Å²) in [5.41, 5.74) is 4.29. The van der Waals surface area contributed by atoms with Crippen molar-refractivity contribution in [1.29, 1.82) is 0 Å². The topological polar surface area (TPSA) is 64.3 Å². The second kappa shape index (κ2) is 4.00. The Kier molecular flexibility index (Phi) is 2.70. The predicted molar refractivity (Wildman–Crippen MR) is 57.4 cm³/mol. The SMILES string of the molecule is Cc1cc(CCON)c2c(c1)CC(=O)N2. The normalized spacial score (nSPS) is 13.9. The van der Waals surface area contributed by atoms with Crippen molar-refractivity contribution in [3.05, 3.63) is 28.8 Å². The molecule has 4 heteroatoms. The van der Waals surface area contributed by atoms with Crippen molar-refractivity contribution in [2.45, 2.75) is 19.8 Å². The number of nitrogens with two attached hydrogens (primary N) is 1. The maximum absolute atomic E-state index is 11.3. The van der Waals surface area contributed by atoms with Gasteiger partial charge in [-0.15, -0.1) is 0 Å². The highest BCUT2D eigenvalue weighted by atomic mass is 16.6. The fraction of sp³-hybridized carbons (Fsp3) is 0.364. The number of hydrogen-bond donors (Lipinski definition) is 2. The van der Waals surface area contributed by atoms with Gasteiger partial charge >= 0.3 is 0 Å². The van der Waals surface area contributed by atoms with Crippen molar-refractivity contribution >= 4 is 11.6 Å². The molecular formula is C11H14N2O2. The predicted octanol–water partition coefficient (Wildman–Crippen LogP) is 0.922. The first-order valence-corrected chi connectivity index (χ1v) is 4.94. The molecule has 15 heavy (non-hydrogen) atoms. The fourth-order valence-corrected chi connectivity index (χ4v) is 1.96. The van der Waals surface area contributed by atoms with E-state index in [9.17, 15) is 4.79 Å². The highest BCUT2D eigenvalue weighted by molar-refractivity contribution is 6.00. The van der Waals surface area contributed by atoms with Gasteiger partial charge in [-0.1, -0.05) is 17.7 Å². The minimum Gasteiger partial charge on any atom is -0.325 e. The molecule has 0 radical (unpaired) electrons. The van der Waals surface area contributed by atoms with E-state index in [1.165, 1.54) is 0 Å². The molecule has 0 aromatic heterocycles. The number of carbonyl (C=O) groups is 1. The van der Waals surface area contributed by atoms with Gasteiger partial charge in [0.25, 0.3) is 0 Å².